The van der Waals surface area contributed by atoms with E-state index in [9.17, 15) is 13.2 Å². The molecule has 1 rings (SSSR count). The van der Waals surface area contributed by atoms with E-state index in [2.05, 4.69) is 4.84 Å². The SMILES string of the molecule is CC(=O)ON(C=Cc1ccccc1)S(C)(=O)=O. The highest BCUT2D eigenvalue weighted by Gasteiger charge is 2.15. The number of nitrogens with zero attached hydrogens (tertiary/aromatic N) is 1. The lowest BCUT2D eigenvalue weighted by Gasteiger charge is -2.14. The summed E-state index contributed by atoms with van der Waals surface area (Å²) >= 11 is 0. The van der Waals surface area contributed by atoms with Crippen LogP contribution in [0.1, 0.15) is 12.5 Å². The normalized spacial score (nSPS) is 11.4. The maximum absolute atomic E-state index is 11.3. The molecule has 0 fully saturated rings. The van der Waals surface area contributed by atoms with Crippen molar-refractivity contribution in [3.8, 4) is 0 Å². The van der Waals surface area contributed by atoms with E-state index in [-0.39, 0.29) is 0 Å². The molecule has 17 heavy (non-hydrogen) atoms. The van der Waals surface area contributed by atoms with E-state index in [0.29, 0.717) is 4.47 Å². The van der Waals surface area contributed by atoms with Crippen molar-refractivity contribution in [2.75, 3.05) is 6.26 Å². The molecule has 0 saturated carbocycles. The van der Waals surface area contributed by atoms with E-state index in [1.54, 1.807) is 12.1 Å². The van der Waals surface area contributed by atoms with Crippen molar-refractivity contribution in [3.63, 3.8) is 0 Å². The van der Waals surface area contributed by atoms with Crippen LogP contribution < -0.4 is 0 Å². The summed E-state index contributed by atoms with van der Waals surface area (Å²) in [4.78, 5) is 15.3. The third-order valence-electron chi connectivity index (χ3n) is 1.73. The topological polar surface area (TPSA) is 63.7 Å². The van der Waals surface area contributed by atoms with E-state index in [0.717, 1.165) is 18.7 Å². The number of carbonyl (C=O) groups excluding carboxylic acids is 1. The van der Waals surface area contributed by atoms with Crippen molar-refractivity contribution >= 4 is 22.1 Å². The summed E-state index contributed by atoms with van der Waals surface area (Å²) in [7, 11) is -3.63. The number of hydroxylamine groups is 1. The van der Waals surface area contributed by atoms with E-state index < -0.39 is 16.0 Å². The molecule has 0 bridgehead atoms. The fourth-order valence-electron chi connectivity index (χ4n) is 1.05. The van der Waals surface area contributed by atoms with Crippen molar-refractivity contribution in [2.45, 2.75) is 6.92 Å². The highest BCUT2D eigenvalue weighted by Crippen LogP contribution is 2.06. The first-order valence-corrected chi connectivity index (χ1v) is 6.65. The Kier molecular flexibility index (Phi) is 4.28. The highest BCUT2D eigenvalue weighted by molar-refractivity contribution is 7.88. The minimum atomic E-state index is -3.63. The molecular formula is C11H13NO4S. The van der Waals surface area contributed by atoms with Gasteiger partial charge in [0.1, 0.15) is 0 Å². The lowest BCUT2D eigenvalue weighted by molar-refractivity contribution is -0.159. The second-order valence-electron chi connectivity index (χ2n) is 3.33. The van der Waals surface area contributed by atoms with Crippen molar-refractivity contribution in [1.82, 2.24) is 4.47 Å². The largest absolute Gasteiger partial charge is 0.330 e. The minimum absolute atomic E-state index is 0.530. The second kappa shape index (κ2) is 5.49. The quantitative estimate of drug-likeness (QED) is 0.763. The zero-order valence-corrected chi connectivity index (χ0v) is 10.3. The van der Waals surface area contributed by atoms with Crippen LogP contribution in [0.4, 0.5) is 0 Å². The lowest BCUT2D eigenvalue weighted by atomic mass is 10.2. The standard InChI is InChI=1S/C11H13NO4S/c1-10(13)16-12(17(2,14)15)9-8-11-6-4-3-5-7-11/h3-9H,1-2H3. The zero-order valence-electron chi connectivity index (χ0n) is 9.53. The van der Waals surface area contributed by atoms with Gasteiger partial charge in [0, 0.05) is 6.92 Å². The summed E-state index contributed by atoms with van der Waals surface area (Å²) < 4.78 is 23.1. The first-order valence-electron chi connectivity index (χ1n) is 4.81. The number of sulfonamides is 1. The molecule has 92 valence electrons. The second-order valence-corrected chi connectivity index (χ2v) is 5.15. The third kappa shape index (κ3) is 4.69. The fourth-order valence-corrected chi connectivity index (χ4v) is 1.57. The molecule has 0 spiro atoms. The zero-order chi connectivity index (χ0) is 12.9. The molecule has 0 aliphatic rings. The number of benzene rings is 1. The van der Waals surface area contributed by atoms with Crippen molar-refractivity contribution in [2.24, 2.45) is 0 Å². The Morgan fingerprint density at radius 1 is 1.29 bits per heavy atom. The monoisotopic (exact) mass is 255 g/mol. The average molecular weight is 255 g/mol. The van der Waals surface area contributed by atoms with Crippen LogP contribution in [0.15, 0.2) is 36.5 Å². The van der Waals surface area contributed by atoms with Crippen LogP contribution in [0.25, 0.3) is 6.08 Å². The fraction of sp³-hybridized carbons (Fsp3) is 0.182. The predicted molar refractivity (Wildman–Crippen MR) is 63.9 cm³/mol. The van der Waals surface area contributed by atoms with Gasteiger partial charge in [-0.25, -0.2) is 13.2 Å². The van der Waals surface area contributed by atoms with E-state index in [1.165, 1.54) is 12.3 Å². The number of rotatable bonds is 4. The van der Waals surface area contributed by atoms with E-state index in [4.69, 9.17) is 0 Å². The van der Waals surface area contributed by atoms with Crippen LogP contribution in [-0.4, -0.2) is 25.1 Å². The van der Waals surface area contributed by atoms with Gasteiger partial charge in [-0.05, 0) is 11.6 Å². The number of hydrogen-bond acceptors (Lipinski definition) is 4. The summed E-state index contributed by atoms with van der Waals surface area (Å²) in [5, 5.41) is 0. The van der Waals surface area contributed by atoms with Gasteiger partial charge in [0.25, 0.3) is 10.0 Å². The molecule has 0 unspecified atom stereocenters. The van der Waals surface area contributed by atoms with Crippen molar-refractivity contribution in [1.29, 1.82) is 0 Å². The molecule has 0 saturated heterocycles. The summed E-state index contributed by atoms with van der Waals surface area (Å²) in [6.07, 6.45) is 3.67. The third-order valence-corrected chi connectivity index (χ3v) is 2.58. The molecular weight excluding hydrogens is 242 g/mol. The van der Waals surface area contributed by atoms with E-state index >= 15 is 0 Å². The minimum Gasteiger partial charge on any atom is -0.327 e. The van der Waals surface area contributed by atoms with Crippen LogP contribution in [0.5, 0.6) is 0 Å². The molecule has 0 aromatic heterocycles. The smallest absolute Gasteiger partial charge is 0.327 e. The van der Waals surface area contributed by atoms with Gasteiger partial charge in [-0.3, -0.25) is 0 Å². The molecule has 0 atom stereocenters. The molecule has 0 aliphatic heterocycles. The molecule has 6 heteroatoms. The maximum atomic E-state index is 11.3. The van der Waals surface area contributed by atoms with Crippen LogP contribution in [0.3, 0.4) is 0 Å². The Balaban J connectivity index is 2.87. The Morgan fingerprint density at radius 2 is 1.88 bits per heavy atom. The Hall–Kier alpha value is -1.82. The van der Waals surface area contributed by atoms with Gasteiger partial charge in [0.15, 0.2) is 0 Å². The highest BCUT2D eigenvalue weighted by atomic mass is 32.2. The summed E-state index contributed by atoms with van der Waals surface area (Å²) in [6.45, 7) is 1.13. The summed E-state index contributed by atoms with van der Waals surface area (Å²) in [5.41, 5.74) is 0.799. The Labute approximate surface area is 100 Å². The van der Waals surface area contributed by atoms with Gasteiger partial charge in [0.05, 0.1) is 12.5 Å². The van der Waals surface area contributed by atoms with Crippen LogP contribution >= 0.6 is 0 Å². The molecule has 1 aromatic rings. The van der Waals surface area contributed by atoms with Gasteiger partial charge in [0.2, 0.25) is 0 Å². The molecule has 0 amide bonds. The predicted octanol–water partition coefficient (Wildman–Crippen LogP) is 1.40. The molecule has 1 aromatic carbocycles. The van der Waals surface area contributed by atoms with Crippen LogP contribution in [-0.2, 0) is 19.7 Å². The molecule has 0 aliphatic carbocycles. The summed E-state index contributed by atoms with van der Waals surface area (Å²) in [5.74, 6) is -0.701. The van der Waals surface area contributed by atoms with Crippen LogP contribution in [0, 0.1) is 0 Å². The number of hydrogen-bond donors (Lipinski definition) is 0. The van der Waals surface area contributed by atoms with Crippen molar-refractivity contribution < 1.29 is 18.0 Å². The first kappa shape index (κ1) is 13.2. The summed E-state index contributed by atoms with van der Waals surface area (Å²) in [6, 6.07) is 9.07. The van der Waals surface area contributed by atoms with Gasteiger partial charge >= 0.3 is 5.97 Å². The maximum Gasteiger partial charge on any atom is 0.330 e. The molecule has 5 nitrogen and oxygen atoms in total. The lowest BCUT2D eigenvalue weighted by Crippen LogP contribution is -2.26. The van der Waals surface area contributed by atoms with Gasteiger partial charge in [-0.2, -0.15) is 0 Å². The van der Waals surface area contributed by atoms with Gasteiger partial charge < -0.3 is 4.84 Å². The van der Waals surface area contributed by atoms with Crippen LogP contribution in [0.2, 0.25) is 0 Å². The molecule has 0 heterocycles. The van der Waals surface area contributed by atoms with Gasteiger partial charge in [-0.15, -0.1) is 4.47 Å². The molecule has 0 radical (unpaired) electrons. The average Bonchev–Trinajstić information content (AvgIpc) is 2.23. The van der Waals surface area contributed by atoms with Crippen molar-refractivity contribution in [3.05, 3.63) is 42.1 Å². The molecule has 0 N–H and O–H groups in total. The first-order chi connectivity index (χ1) is 7.89. The Morgan fingerprint density at radius 3 is 2.35 bits per heavy atom. The van der Waals surface area contributed by atoms with E-state index in [1.807, 2.05) is 18.2 Å². The number of carbonyl (C=O) groups is 1. The van der Waals surface area contributed by atoms with Gasteiger partial charge in [-0.1, -0.05) is 30.3 Å². The Bertz CT molecular complexity index is 508.